The van der Waals surface area contributed by atoms with E-state index in [4.69, 9.17) is 21.1 Å². The van der Waals surface area contributed by atoms with Crippen LogP contribution in [0.4, 0.5) is 0 Å². The third-order valence-corrected chi connectivity index (χ3v) is 2.65. The van der Waals surface area contributed by atoms with E-state index in [1.807, 2.05) is 0 Å². The van der Waals surface area contributed by atoms with E-state index in [1.54, 1.807) is 24.3 Å². The van der Waals surface area contributed by atoms with Crippen LogP contribution in [0.15, 0.2) is 55.1 Å². The summed E-state index contributed by atoms with van der Waals surface area (Å²) in [6.07, 6.45) is 4.14. The Balaban J connectivity index is 3.08. The first-order valence-electron chi connectivity index (χ1n) is 6.12. The number of hydrogen-bond donors (Lipinski definition) is 0. The zero-order chi connectivity index (χ0) is 15.7. The number of carbonyl (C=O) groups is 2. The molecule has 0 radical (unpaired) electrons. The van der Waals surface area contributed by atoms with Gasteiger partial charge in [-0.2, -0.15) is 0 Å². The lowest BCUT2D eigenvalue weighted by molar-refractivity contribution is -0.145. The highest BCUT2D eigenvalue weighted by atomic mass is 35.5. The summed E-state index contributed by atoms with van der Waals surface area (Å²) in [5.41, 5.74) is 0.270. The molecule has 0 saturated carbocycles. The number of benzene rings is 1. The van der Waals surface area contributed by atoms with Gasteiger partial charge in [-0.1, -0.05) is 55.1 Å². The maximum atomic E-state index is 11.9. The van der Waals surface area contributed by atoms with Crippen molar-refractivity contribution in [3.05, 3.63) is 65.7 Å². The summed E-state index contributed by atoms with van der Waals surface area (Å²) in [6.45, 7) is 6.86. The van der Waals surface area contributed by atoms with Crippen LogP contribution in [0.2, 0.25) is 5.02 Å². The molecule has 1 aromatic carbocycles. The fourth-order valence-electron chi connectivity index (χ4n) is 1.37. The number of carbonyl (C=O) groups excluding carboxylic acids is 2. The van der Waals surface area contributed by atoms with Gasteiger partial charge in [0.15, 0.2) is 0 Å². The molecular weight excluding hydrogens is 292 g/mol. The molecule has 4 nitrogen and oxygen atoms in total. The Kier molecular flexibility index (Phi) is 6.98. The van der Waals surface area contributed by atoms with E-state index in [0.29, 0.717) is 10.6 Å². The fraction of sp³-hybridized carbons (Fsp3) is 0.125. The van der Waals surface area contributed by atoms with E-state index in [2.05, 4.69) is 13.2 Å². The van der Waals surface area contributed by atoms with Gasteiger partial charge in [0.25, 0.3) is 0 Å². The molecule has 110 valence electrons. The van der Waals surface area contributed by atoms with Gasteiger partial charge in [0.1, 0.15) is 18.8 Å². The SMILES string of the molecule is C=CCOC(=O)C(=Cc1ccccc1Cl)C(=O)OCC=C. The minimum Gasteiger partial charge on any atom is -0.458 e. The molecule has 0 aliphatic heterocycles. The van der Waals surface area contributed by atoms with Crippen LogP contribution in [0, 0.1) is 0 Å². The summed E-state index contributed by atoms with van der Waals surface area (Å²) >= 11 is 6.01. The smallest absolute Gasteiger partial charge is 0.345 e. The molecule has 0 heterocycles. The second-order valence-corrected chi connectivity index (χ2v) is 4.26. The van der Waals surface area contributed by atoms with E-state index in [9.17, 15) is 9.59 Å². The topological polar surface area (TPSA) is 52.6 Å². The predicted octanol–water partition coefficient (Wildman–Crippen LogP) is 3.18. The monoisotopic (exact) mass is 306 g/mol. The lowest BCUT2D eigenvalue weighted by atomic mass is 10.1. The highest BCUT2D eigenvalue weighted by Crippen LogP contribution is 2.19. The molecule has 1 rings (SSSR count). The molecule has 5 heteroatoms. The lowest BCUT2D eigenvalue weighted by Gasteiger charge is -2.07. The molecule has 0 saturated heterocycles. The van der Waals surface area contributed by atoms with Crippen molar-refractivity contribution >= 4 is 29.6 Å². The Morgan fingerprint density at radius 1 is 1.05 bits per heavy atom. The number of hydrogen-bond acceptors (Lipinski definition) is 4. The fourth-order valence-corrected chi connectivity index (χ4v) is 1.56. The average molecular weight is 307 g/mol. The van der Waals surface area contributed by atoms with Gasteiger partial charge < -0.3 is 9.47 Å². The first-order chi connectivity index (χ1) is 10.1. The van der Waals surface area contributed by atoms with Crippen molar-refractivity contribution in [3.63, 3.8) is 0 Å². The Hall–Kier alpha value is -2.33. The molecule has 0 spiro atoms. The average Bonchev–Trinajstić information content (AvgIpc) is 2.49. The number of esters is 2. The van der Waals surface area contributed by atoms with Gasteiger partial charge in [-0.15, -0.1) is 0 Å². The second kappa shape index (κ2) is 8.76. The van der Waals surface area contributed by atoms with E-state index < -0.39 is 11.9 Å². The van der Waals surface area contributed by atoms with Crippen LogP contribution in [0.5, 0.6) is 0 Å². The van der Waals surface area contributed by atoms with Gasteiger partial charge in [-0.25, -0.2) is 9.59 Å². The zero-order valence-corrected chi connectivity index (χ0v) is 12.1. The van der Waals surface area contributed by atoms with Crippen molar-refractivity contribution < 1.29 is 19.1 Å². The molecule has 21 heavy (non-hydrogen) atoms. The van der Waals surface area contributed by atoms with Gasteiger partial charge in [0, 0.05) is 5.02 Å². The van der Waals surface area contributed by atoms with E-state index in [1.165, 1.54) is 18.2 Å². The Bertz CT molecular complexity index is 549. The van der Waals surface area contributed by atoms with Crippen molar-refractivity contribution in [2.24, 2.45) is 0 Å². The normalized spacial score (nSPS) is 9.38. The van der Waals surface area contributed by atoms with Crippen molar-refractivity contribution in [2.75, 3.05) is 13.2 Å². The molecule has 0 N–H and O–H groups in total. The minimum atomic E-state index is -0.802. The molecule has 0 aliphatic carbocycles. The summed E-state index contributed by atoms with van der Waals surface area (Å²) in [7, 11) is 0. The second-order valence-electron chi connectivity index (χ2n) is 3.85. The number of rotatable bonds is 7. The molecule has 0 amide bonds. The highest BCUT2D eigenvalue weighted by molar-refractivity contribution is 6.32. The molecule has 0 unspecified atom stereocenters. The number of halogens is 1. The molecule has 0 bridgehead atoms. The molecule has 0 atom stereocenters. The van der Waals surface area contributed by atoms with E-state index >= 15 is 0 Å². The van der Waals surface area contributed by atoms with Gasteiger partial charge in [0.2, 0.25) is 0 Å². The quantitative estimate of drug-likeness (QED) is 0.255. The van der Waals surface area contributed by atoms with Crippen LogP contribution in [0.1, 0.15) is 5.56 Å². The van der Waals surface area contributed by atoms with Gasteiger partial charge in [-0.05, 0) is 17.7 Å². The largest absolute Gasteiger partial charge is 0.458 e. The Morgan fingerprint density at radius 3 is 2.05 bits per heavy atom. The maximum Gasteiger partial charge on any atom is 0.345 e. The summed E-state index contributed by atoms with van der Waals surface area (Å²) in [6, 6.07) is 6.80. The standard InChI is InChI=1S/C16H15ClO4/c1-3-9-20-15(18)13(16(19)21-10-4-2)11-12-7-5-6-8-14(12)17/h3-8,11H,1-2,9-10H2. The van der Waals surface area contributed by atoms with Crippen LogP contribution in [0.25, 0.3) is 6.08 Å². The Labute approximate surface area is 128 Å². The van der Waals surface area contributed by atoms with Crippen molar-refractivity contribution in [1.29, 1.82) is 0 Å². The molecular formula is C16H15ClO4. The Morgan fingerprint density at radius 2 is 1.57 bits per heavy atom. The maximum absolute atomic E-state index is 11.9. The summed E-state index contributed by atoms with van der Waals surface area (Å²) < 4.78 is 9.74. The summed E-state index contributed by atoms with van der Waals surface area (Å²) in [4.78, 5) is 23.8. The van der Waals surface area contributed by atoms with Crippen molar-refractivity contribution in [3.8, 4) is 0 Å². The minimum absolute atomic E-state index is 0.00651. The van der Waals surface area contributed by atoms with Crippen LogP contribution in [-0.4, -0.2) is 25.2 Å². The van der Waals surface area contributed by atoms with E-state index in [0.717, 1.165) is 0 Å². The molecule has 1 aromatic rings. The van der Waals surface area contributed by atoms with Gasteiger partial charge >= 0.3 is 11.9 Å². The van der Waals surface area contributed by atoms with Crippen LogP contribution >= 0.6 is 11.6 Å². The van der Waals surface area contributed by atoms with Crippen LogP contribution in [-0.2, 0) is 19.1 Å². The summed E-state index contributed by atoms with van der Waals surface area (Å²) in [5, 5.41) is 0.406. The molecule has 0 aliphatic rings. The van der Waals surface area contributed by atoms with Crippen LogP contribution in [0.3, 0.4) is 0 Å². The first-order valence-corrected chi connectivity index (χ1v) is 6.50. The van der Waals surface area contributed by atoms with Crippen molar-refractivity contribution in [2.45, 2.75) is 0 Å². The highest BCUT2D eigenvalue weighted by Gasteiger charge is 2.21. The van der Waals surface area contributed by atoms with Gasteiger partial charge in [0.05, 0.1) is 0 Å². The number of ether oxygens (including phenoxy) is 2. The third-order valence-electron chi connectivity index (χ3n) is 2.31. The van der Waals surface area contributed by atoms with Crippen LogP contribution < -0.4 is 0 Å². The zero-order valence-electron chi connectivity index (χ0n) is 11.4. The van der Waals surface area contributed by atoms with Gasteiger partial charge in [-0.3, -0.25) is 0 Å². The third kappa shape index (κ3) is 5.28. The summed E-state index contributed by atoms with van der Waals surface area (Å²) in [5.74, 6) is -1.60. The first kappa shape index (κ1) is 16.7. The predicted molar refractivity (Wildman–Crippen MR) is 81.7 cm³/mol. The molecule has 0 aromatic heterocycles. The van der Waals surface area contributed by atoms with E-state index in [-0.39, 0.29) is 18.8 Å². The lowest BCUT2D eigenvalue weighted by Crippen LogP contribution is -2.18. The molecule has 0 fully saturated rings. The van der Waals surface area contributed by atoms with Crippen molar-refractivity contribution in [1.82, 2.24) is 0 Å².